The van der Waals surface area contributed by atoms with Crippen LogP contribution in [0.5, 0.6) is 0 Å². The Morgan fingerprint density at radius 3 is 2.81 bits per heavy atom. The van der Waals surface area contributed by atoms with Gasteiger partial charge in [-0.15, -0.1) is 0 Å². The molecule has 1 spiro atoms. The summed E-state index contributed by atoms with van der Waals surface area (Å²) < 4.78 is 7.61. The van der Waals surface area contributed by atoms with E-state index < -0.39 is 0 Å². The van der Waals surface area contributed by atoms with Crippen LogP contribution in [0.3, 0.4) is 0 Å². The number of hydrogen-bond donors (Lipinski definition) is 0. The Kier molecular flexibility index (Phi) is 3.78. The van der Waals surface area contributed by atoms with Crippen molar-refractivity contribution in [2.24, 2.45) is 12.5 Å². The minimum atomic E-state index is 0.0781. The van der Waals surface area contributed by atoms with Gasteiger partial charge in [0, 0.05) is 38.4 Å². The van der Waals surface area contributed by atoms with Crippen LogP contribution in [0.25, 0.3) is 0 Å². The number of nitrogens with zero attached hydrogens (tertiary/aromatic N) is 3. The SMILES string of the molecule is CCO[C@@H]1C[C@H](N(C)C(=O)c2cnn(C)c2)C12CCCC2. The van der Waals surface area contributed by atoms with Gasteiger partial charge in [-0.25, -0.2) is 0 Å². The summed E-state index contributed by atoms with van der Waals surface area (Å²) in [6.07, 6.45) is 9.64. The number of ether oxygens (including phenoxy) is 1. The monoisotopic (exact) mass is 291 g/mol. The number of aromatic nitrogens is 2. The van der Waals surface area contributed by atoms with Gasteiger partial charge in [-0.05, 0) is 26.2 Å². The van der Waals surface area contributed by atoms with Crippen LogP contribution in [-0.2, 0) is 11.8 Å². The highest BCUT2D eigenvalue weighted by atomic mass is 16.5. The average Bonchev–Trinajstić information content (AvgIpc) is 3.11. The second-order valence-corrected chi connectivity index (χ2v) is 6.45. The number of aryl methyl sites for hydroxylation is 1. The predicted molar refractivity (Wildman–Crippen MR) is 80.0 cm³/mol. The normalized spacial score (nSPS) is 26.8. The van der Waals surface area contributed by atoms with Gasteiger partial charge in [-0.1, -0.05) is 12.8 Å². The zero-order valence-corrected chi connectivity index (χ0v) is 13.2. The average molecular weight is 291 g/mol. The van der Waals surface area contributed by atoms with Crippen molar-refractivity contribution in [3.05, 3.63) is 18.0 Å². The maximum absolute atomic E-state index is 12.6. The van der Waals surface area contributed by atoms with Crippen LogP contribution in [0.2, 0.25) is 0 Å². The van der Waals surface area contributed by atoms with Crippen molar-refractivity contribution in [2.75, 3.05) is 13.7 Å². The molecule has 2 aliphatic rings. The van der Waals surface area contributed by atoms with E-state index in [4.69, 9.17) is 4.74 Å². The Morgan fingerprint density at radius 1 is 1.52 bits per heavy atom. The summed E-state index contributed by atoms with van der Waals surface area (Å²) in [6, 6.07) is 0.309. The van der Waals surface area contributed by atoms with Gasteiger partial charge in [0.2, 0.25) is 0 Å². The largest absolute Gasteiger partial charge is 0.378 e. The lowest BCUT2D eigenvalue weighted by molar-refractivity contribution is -0.152. The van der Waals surface area contributed by atoms with Gasteiger partial charge in [0.25, 0.3) is 5.91 Å². The van der Waals surface area contributed by atoms with Gasteiger partial charge in [-0.3, -0.25) is 9.48 Å². The smallest absolute Gasteiger partial charge is 0.257 e. The highest BCUT2D eigenvalue weighted by Gasteiger charge is 2.58. The molecule has 21 heavy (non-hydrogen) atoms. The molecule has 0 bridgehead atoms. The number of amides is 1. The number of rotatable bonds is 4. The molecule has 0 saturated heterocycles. The van der Waals surface area contributed by atoms with E-state index in [0.29, 0.717) is 17.7 Å². The first-order valence-electron chi connectivity index (χ1n) is 7.96. The van der Waals surface area contributed by atoms with E-state index in [-0.39, 0.29) is 11.3 Å². The summed E-state index contributed by atoms with van der Waals surface area (Å²) >= 11 is 0. The molecule has 1 aromatic heterocycles. The van der Waals surface area contributed by atoms with Gasteiger partial charge in [0.15, 0.2) is 0 Å². The Bertz CT molecular complexity index is 519. The fourth-order valence-corrected chi connectivity index (χ4v) is 4.27. The second-order valence-electron chi connectivity index (χ2n) is 6.45. The summed E-state index contributed by atoms with van der Waals surface area (Å²) in [7, 11) is 3.77. The van der Waals surface area contributed by atoms with Crippen molar-refractivity contribution in [3.63, 3.8) is 0 Å². The molecule has 5 heteroatoms. The molecule has 0 radical (unpaired) electrons. The Morgan fingerprint density at radius 2 is 2.24 bits per heavy atom. The summed E-state index contributed by atoms with van der Waals surface area (Å²) in [5.74, 6) is 0.0781. The number of carbonyl (C=O) groups excluding carboxylic acids is 1. The van der Waals surface area contributed by atoms with E-state index >= 15 is 0 Å². The summed E-state index contributed by atoms with van der Waals surface area (Å²) in [4.78, 5) is 14.6. The van der Waals surface area contributed by atoms with Crippen LogP contribution in [0.1, 0.15) is 49.4 Å². The first-order chi connectivity index (χ1) is 10.1. The fraction of sp³-hybridized carbons (Fsp3) is 0.750. The Labute approximate surface area is 126 Å². The Hall–Kier alpha value is -1.36. The summed E-state index contributed by atoms with van der Waals surface area (Å²) in [5.41, 5.74) is 0.871. The van der Waals surface area contributed by atoms with Crippen LogP contribution in [0, 0.1) is 5.41 Å². The quantitative estimate of drug-likeness (QED) is 0.854. The summed E-state index contributed by atoms with van der Waals surface area (Å²) in [5, 5.41) is 4.10. The minimum absolute atomic E-state index is 0.0781. The zero-order valence-electron chi connectivity index (χ0n) is 13.2. The molecular formula is C16H25N3O2. The van der Waals surface area contributed by atoms with Gasteiger partial charge in [0.1, 0.15) is 0 Å². The van der Waals surface area contributed by atoms with Crippen molar-refractivity contribution in [1.82, 2.24) is 14.7 Å². The standard InChI is InChI=1S/C16H25N3O2/c1-4-21-14-9-13(16(14)7-5-6-8-16)19(3)15(20)12-10-17-18(2)11-12/h10-11,13-14H,4-9H2,1-3H3/t13-,14+/m0/s1. The lowest BCUT2D eigenvalue weighted by Gasteiger charge is -2.56. The molecule has 0 aromatic carbocycles. The van der Waals surface area contributed by atoms with E-state index in [2.05, 4.69) is 12.0 Å². The van der Waals surface area contributed by atoms with E-state index in [1.165, 1.54) is 25.7 Å². The minimum Gasteiger partial charge on any atom is -0.378 e. The third kappa shape index (κ3) is 2.27. The van der Waals surface area contributed by atoms with E-state index in [9.17, 15) is 4.79 Å². The van der Waals surface area contributed by atoms with Crippen molar-refractivity contribution in [2.45, 2.75) is 51.2 Å². The number of carbonyl (C=O) groups is 1. The van der Waals surface area contributed by atoms with Crippen LogP contribution in [0.15, 0.2) is 12.4 Å². The van der Waals surface area contributed by atoms with Crippen LogP contribution in [-0.4, -0.2) is 46.4 Å². The molecule has 1 amide bonds. The first kappa shape index (κ1) is 14.6. The van der Waals surface area contributed by atoms with Crippen molar-refractivity contribution < 1.29 is 9.53 Å². The van der Waals surface area contributed by atoms with E-state index in [0.717, 1.165) is 13.0 Å². The molecule has 2 atom stereocenters. The Balaban J connectivity index is 1.75. The highest BCUT2D eigenvalue weighted by Crippen LogP contribution is 2.56. The topological polar surface area (TPSA) is 47.4 Å². The molecule has 0 aliphatic heterocycles. The van der Waals surface area contributed by atoms with Crippen LogP contribution < -0.4 is 0 Å². The maximum atomic E-state index is 12.6. The third-order valence-corrected chi connectivity index (χ3v) is 5.38. The van der Waals surface area contributed by atoms with E-state index in [1.807, 2.05) is 19.0 Å². The molecule has 3 rings (SSSR count). The lowest BCUT2D eigenvalue weighted by Crippen LogP contribution is -2.63. The van der Waals surface area contributed by atoms with E-state index in [1.54, 1.807) is 17.1 Å². The van der Waals surface area contributed by atoms with Crippen molar-refractivity contribution in [1.29, 1.82) is 0 Å². The lowest BCUT2D eigenvalue weighted by atomic mass is 9.60. The molecule has 2 fully saturated rings. The molecule has 116 valence electrons. The van der Waals surface area contributed by atoms with Gasteiger partial charge < -0.3 is 9.64 Å². The molecule has 2 saturated carbocycles. The molecule has 0 unspecified atom stereocenters. The highest BCUT2D eigenvalue weighted by molar-refractivity contribution is 5.93. The second kappa shape index (κ2) is 5.44. The van der Waals surface area contributed by atoms with Gasteiger partial charge in [-0.2, -0.15) is 5.10 Å². The third-order valence-electron chi connectivity index (χ3n) is 5.38. The summed E-state index contributed by atoms with van der Waals surface area (Å²) in [6.45, 7) is 2.82. The fourth-order valence-electron chi connectivity index (χ4n) is 4.27. The maximum Gasteiger partial charge on any atom is 0.257 e. The molecule has 0 N–H and O–H groups in total. The van der Waals surface area contributed by atoms with Gasteiger partial charge in [0.05, 0.1) is 17.9 Å². The first-order valence-corrected chi connectivity index (χ1v) is 7.96. The molecule has 1 aromatic rings. The molecule has 5 nitrogen and oxygen atoms in total. The van der Waals surface area contributed by atoms with Crippen molar-refractivity contribution >= 4 is 5.91 Å². The molecule has 2 aliphatic carbocycles. The zero-order chi connectivity index (χ0) is 15.0. The van der Waals surface area contributed by atoms with Crippen LogP contribution >= 0.6 is 0 Å². The van der Waals surface area contributed by atoms with Gasteiger partial charge >= 0.3 is 0 Å². The number of hydrogen-bond acceptors (Lipinski definition) is 3. The molecule has 1 heterocycles. The predicted octanol–water partition coefficient (Wildman–Crippen LogP) is 2.23. The van der Waals surface area contributed by atoms with Crippen LogP contribution in [0.4, 0.5) is 0 Å². The molecular weight excluding hydrogens is 266 g/mol. The van der Waals surface area contributed by atoms with Crippen molar-refractivity contribution in [3.8, 4) is 0 Å².